The fourth-order valence-corrected chi connectivity index (χ4v) is 1.62. The first-order chi connectivity index (χ1) is 6.66. The lowest BCUT2D eigenvalue weighted by Gasteiger charge is -2.30. The lowest BCUT2D eigenvalue weighted by atomic mass is 10.1. The SMILES string of the molecule is Fc1cc(CN2CCC2)c(F)cc1Cl. The Kier molecular flexibility index (Phi) is 2.70. The Hall–Kier alpha value is -0.670. The van der Waals surface area contributed by atoms with Crippen molar-refractivity contribution in [2.45, 2.75) is 13.0 Å². The molecule has 0 saturated carbocycles. The molecule has 2 rings (SSSR count). The summed E-state index contributed by atoms with van der Waals surface area (Å²) in [7, 11) is 0. The number of hydrogen-bond donors (Lipinski definition) is 0. The van der Waals surface area contributed by atoms with Crippen LogP contribution >= 0.6 is 11.6 Å². The quantitative estimate of drug-likeness (QED) is 0.689. The van der Waals surface area contributed by atoms with E-state index in [0.29, 0.717) is 12.1 Å². The summed E-state index contributed by atoms with van der Waals surface area (Å²) >= 11 is 5.44. The minimum Gasteiger partial charge on any atom is -0.299 e. The molecule has 1 aromatic carbocycles. The molecule has 0 spiro atoms. The molecule has 76 valence electrons. The van der Waals surface area contributed by atoms with Gasteiger partial charge in [0.2, 0.25) is 0 Å². The zero-order valence-corrected chi connectivity index (χ0v) is 8.32. The van der Waals surface area contributed by atoms with E-state index in [-0.39, 0.29) is 5.02 Å². The predicted molar refractivity (Wildman–Crippen MR) is 51.3 cm³/mol. The van der Waals surface area contributed by atoms with Gasteiger partial charge >= 0.3 is 0 Å². The zero-order valence-electron chi connectivity index (χ0n) is 7.56. The van der Waals surface area contributed by atoms with E-state index in [0.717, 1.165) is 25.6 Å². The third kappa shape index (κ3) is 1.88. The second-order valence-electron chi connectivity index (χ2n) is 3.49. The largest absolute Gasteiger partial charge is 0.299 e. The summed E-state index contributed by atoms with van der Waals surface area (Å²) in [6.45, 7) is 2.40. The second-order valence-corrected chi connectivity index (χ2v) is 3.89. The van der Waals surface area contributed by atoms with E-state index in [4.69, 9.17) is 11.6 Å². The van der Waals surface area contributed by atoms with Gasteiger partial charge in [-0.1, -0.05) is 11.6 Å². The van der Waals surface area contributed by atoms with Gasteiger partial charge in [-0.2, -0.15) is 0 Å². The molecule has 1 fully saturated rings. The molecule has 0 amide bonds. The summed E-state index contributed by atoms with van der Waals surface area (Å²) < 4.78 is 26.3. The second kappa shape index (κ2) is 3.83. The third-order valence-corrected chi connectivity index (χ3v) is 2.72. The molecule has 4 heteroatoms. The molecule has 1 heterocycles. The summed E-state index contributed by atoms with van der Waals surface area (Å²) in [5.74, 6) is -0.980. The van der Waals surface area contributed by atoms with Crippen LogP contribution in [0.4, 0.5) is 8.78 Å². The van der Waals surface area contributed by atoms with Crippen LogP contribution in [-0.4, -0.2) is 18.0 Å². The molecule has 1 aliphatic heterocycles. The molecule has 1 aliphatic rings. The Morgan fingerprint density at radius 3 is 2.50 bits per heavy atom. The first-order valence-corrected chi connectivity index (χ1v) is 4.90. The van der Waals surface area contributed by atoms with Gasteiger partial charge < -0.3 is 0 Å². The summed E-state index contributed by atoms with van der Waals surface area (Å²) in [5.41, 5.74) is 0.381. The highest BCUT2D eigenvalue weighted by Crippen LogP contribution is 2.21. The first kappa shape index (κ1) is 9.87. The van der Waals surface area contributed by atoms with E-state index in [1.807, 2.05) is 0 Å². The molecule has 1 aromatic rings. The lowest BCUT2D eigenvalue weighted by molar-refractivity contribution is 0.170. The Morgan fingerprint density at radius 1 is 1.21 bits per heavy atom. The van der Waals surface area contributed by atoms with Gasteiger partial charge in [-0.3, -0.25) is 4.90 Å². The monoisotopic (exact) mass is 217 g/mol. The van der Waals surface area contributed by atoms with Crippen LogP contribution in [-0.2, 0) is 6.54 Å². The van der Waals surface area contributed by atoms with Crippen LogP contribution in [0.5, 0.6) is 0 Å². The summed E-state index contributed by atoms with van der Waals surface area (Å²) in [6.07, 6.45) is 1.14. The van der Waals surface area contributed by atoms with Gasteiger partial charge in [-0.15, -0.1) is 0 Å². The van der Waals surface area contributed by atoms with E-state index >= 15 is 0 Å². The smallest absolute Gasteiger partial charge is 0.142 e. The molecule has 0 unspecified atom stereocenters. The molecule has 0 atom stereocenters. The van der Waals surface area contributed by atoms with Crippen molar-refractivity contribution >= 4 is 11.6 Å². The van der Waals surface area contributed by atoms with Gasteiger partial charge in [-0.25, -0.2) is 8.78 Å². The Labute approximate surface area is 86.3 Å². The standard InChI is InChI=1S/C10H10ClF2N/c11-8-5-9(12)7(4-10(8)13)6-14-2-1-3-14/h4-5H,1-3,6H2. The van der Waals surface area contributed by atoms with E-state index in [2.05, 4.69) is 4.90 Å². The molecular formula is C10H10ClF2N. The van der Waals surface area contributed by atoms with Gasteiger partial charge in [0, 0.05) is 12.1 Å². The Morgan fingerprint density at radius 2 is 1.93 bits per heavy atom. The maximum absolute atomic E-state index is 13.3. The van der Waals surface area contributed by atoms with Gasteiger partial charge in [0.05, 0.1) is 5.02 Å². The predicted octanol–water partition coefficient (Wildman–Crippen LogP) is 2.82. The number of benzene rings is 1. The molecule has 0 aromatic heterocycles. The number of halogens is 3. The molecule has 0 N–H and O–H groups in total. The van der Waals surface area contributed by atoms with Crippen LogP contribution in [0.1, 0.15) is 12.0 Å². The van der Waals surface area contributed by atoms with Crippen LogP contribution in [0.15, 0.2) is 12.1 Å². The Bertz CT molecular complexity index is 350. The molecule has 0 aliphatic carbocycles. The molecule has 14 heavy (non-hydrogen) atoms. The van der Waals surface area contributed by atoms with Gasteiger partial charge in [0.15, 0.2) is 0 Å². The van der Waals surface area contributed by atoms with Crippen molar-refractivity contribution in [3.05, 3.63) is 34.4 Å². The van der Waals surface area contributed by atoms with E-state index in [1.165, 1.54) is 6.07 Å². The van der Waals surface area contributed by atoms with Crippen molar-refractivity contribution in [3.63, 3.8) is 0 Å². The Balaban J connectivity index is 2.19. The maximum atomic E-state index is 13.3. The molecular weight excluding hydrogens is 208 g/mol. The van der Waals surface area contributed by atoms with Crippen molar-refractivity contribution in [3.8, 4) is 0 Å². The van der Waals surface area contributed by atoms with Crippen molar-refractivity contribution in [1.29, 1.82) is 0 Å². The van der Waals surface area contributed by atoms with E-state index < -0.39 is 11.6 Å². The normalized spacial score (nSPS) is 16.8. The fraction of sp³-hybridized carbons (Fsp3) is 0.400. The summed E-state index contributed by atoms with van der Waals surface area (Å²) in [4.78, 5) is 2.06. The number of nitrogens with zero attached hydrogens (tertiary/aromatic N) is 1. The van der Waals surface area contributed by atoms with Crippen molar-refractivity contribution < 1.29 is 8.78 Å². The number of likely N-dealkylation sites (tertiary alicyclic amines) is 1. The van der Waals surface area contributed by atoms with Crippen LogP contribution in [0.2, 0.25) is 5.02 Å². The molecule has 1 nitrogen and oxygen atoms in total. The fourth-order valence-electron chi connectivity index (χ4n) is 1.47. The molecule has 0 radical (unpaired) electrons. The third-order valence-electron chi connectivity index (χ3n) is 2.43. The van der Waals surface area contributed by atoms with Crippen LogP contribution < -0.4 is 0 Å². The highest BCUT2D eigenvalue weighted by Gasteiger charge is 2.17. The van der Waals surface area contributed by atoms with Gasteiger partial charge in [0.1, 0.15) is 11.6 Å². The zero-order chi connectivity index (χ0) is 10.1. The van der Waals surface area contributed by atoms with Crippen molar-refractivity contribution in [1.82, 2.24) is 4.90 Å². The van der Waals surface area contributed by atoms with Crippen LogP contribution in [0.25, 0.3) is 0 Å². The molecule has 0 bridgehead atoms. The first-order valence-electron chi connectivity index (χ1n) is 4.52. The van der Waals surface area contributed by atoms with Crippen molar-refractivity contribution in [2.24, 2.45) is 0 Å². The van der Waals surface area contributed by atoms with E-state index in [1.54, 1.807) is 0 Å². The highest BCUT2D eigenvalue weighted by molar-refractivity contribution is 6.30. The minimum atomic E-state index is -0.552. The number of hydrogen-bond acceptors (Lipinski definition) is 1. The van der Waals surface area contributed by atoms with Crippen LogP contribution in [0.3, 0.4) is 0 Å². The van der Waals surface area contributed by atoms with E-state index in [9.17, 15) is 8.78 Å². The van der Waals surface area contributed by atoms with Gasteiger partial charge in [0.25, 0.3) is 0 Å². The summed E-state index contributed by atoms with van der Waals surface area (Å²) in [6, 6.07) is 2.21. The topological polar surface area (TPSA) is 3.24 Å². The van der Waals surface area contributed by atoms with Crippen molar-refractivity contribution in [2.75, 3.05) is 13.1 Å². The minimum absolute atomic E-state index is 0.158. The maximum Gasteiger partial charge on any atom is 0.142 e. The lowest BCUT2D eigenvalue weighted by Crippen LogP contribution is -2.36. The molecule has 1 saturated heterocycles. The average molecular weight is 218 g/mol. The average Bonchev–Trinajstić information content (AvgIpc) is 2.06. The summed E-state index contributed by atoms with van der Waals surface area (Å²) in [5, 5.41) is -0.158. The highest BCUT2D eigenvalue weighted by atomic mass is 35.5. The van der Waals surface area contributed by atoms with Crippen LogP contribution in [0, 0.1) is 11.6 Å². The van der Waals surface area contributed by atoms with Gasteiger partial charge in [-0.05, 0) is 31.6 Å². The number of rotatable bonds is 2.